The monoisotopic (exact) mass is 243 g/mol. The second-order valence-corrected chi connectivity index (χ2v) is 5.25. The van der Waals surface area contributed by atoms with E-state index in [2.05, 4.69) is 28.4 Å². The van der Waals surface area contributed by atoms with Crippen LogP contribution in [0, 0.1) is 0 Å². The number of rotatable bonds is 1. The summed E-state index contributed by atoms with van der Waals surface area (Å²) in [4.78, 5) is 1.41. The van der Waals surface area contributed by atoms with Crippen LogP contribution in [0.5, 0.6) is 0 Å². The fourth-order valence-electron chi connectivity index (χ4n) is 2.02. The van der Waals surface area contributed by atoms with E-state index in [1.807, 2.05) is 17.8 Å². The molecular weight excluding hydrogens is 230 g/mol. The predicted octanol–water partition coefficient (Wildman–Crippen LogP) is 2.76. The van der Waals surface area contributed by atoms with E-state index in [1.165, 1.54) is 29.1 Å². The van der Waals surface area contributed by atoms with Crippen molar-refractivity contribution in [1.82, 2.24) is 10.2 Å². The lowest BCUT2D eigenvalue weighted by atomic mass is 10.0. The summed E-state index contributed by atoms with van der Waals surface area (Å²) in [5.41, 5.74) is 8.98. The van der Waals surface area contributed by atoms with Gasteiger partial charge in [0.05, 0.1) is 5.69 Å². The van der Waals surface area contributed by atoms with E-state index in [1.54, 1.807) is 6.07 Å². The molecule has 17 heavy (non-hydrogen) atoms. The summed E-state index contributed by atoms with van der Waals surface area (Å²) in [5.74, 6) is 1.69. The van der Waals surface area contributed by atoms with Gasteiger partial charge in [0.1, 0.15) is 5.82 Å². The van der Waals surface area contributed by atoms with Crippen LogP contribution in [-0.2, 0) is 6.42 Å². The van der Waals surface area contributed by atoms with Crippen molar-refractivity contribution in [3.63, 3.8) is 0 Å². The average Bonchev–Trinajstić information content (AvgIpc) is 2.39. The number of hydrogen-bond acceptors (Lipinski definition) is 4. The van der Waals surface area contributed by atoms with Gasteiger partial charge >= 0.3 is 0 Å². The lowest BCUT2D eigenvalue weighted by Crippen LogP contribution is -1.99. The number of nitrogens with zero attached hydrogens (tertiary/aromatic N) is 2. The molecule has 0 saturated carbocycles. The zero-order valence-corrected chi connectivity index (χ0v) is 10.2. The largest absolute Gasteiger partial charge is 0.382 e. The minimum absolute atomic E-state index is 0.460. The Bertz CT molecular complexity index is 537. The van der Waals surface area contributed by atoms with Crippen LogP contribution in [0.3, 0.4) is 0 Å². The van der Waals surface area contributed by atoms with Gasteiger partial charge < -0.3 is 5.73 Å². The Hall–Kier alpha value is -1.55. The molecule has 0 unspecified atom stereocenters. The maximum atomic E-state index is 5.54. The fourth-order valence-corrected chi connectivity index (χ4v) is 3.04. The van der Waals surface area contributed by atoms with Crippen molar-refractivity contribution in [3.8, 4) is 11.3 Å². The summed E-state index contributed by atoms with van der Waals surface area (Å²) in [6.45, 7) is 0. The summed E-state index contributed by atoms with van der Waals surface area (Å²) in [6, 6.07) is 10.2. The normalized spacial score (nSPS) is 14.4. The number of nitrogens with two attached hydrogens (primary N) is 1. The lowest BCUT2D eigenvalue weighted by Gasteiger charge is -2.15. The van der Waals surface area contributed by atoms with E-state index >= 15 is 0 Å². The third-order valence-corrected chi connectivity index (χ3v) is 4.09. The van der Waals surface area contributed by atoms with Crippen molar-refractivity contribution >= 4 is 17.6 Å². The quantitative estimate of drug-likeness (QED) is 0.836. The van der Waals surface area contributed by atoms with Gasteiger partial charge in [-0.2, -0.15) is 0 Å². The van der Waals surface area contributed by atoms with Gasteiger partial charge in [-0.15, -0.1) is 22.0 Å². The highest BCUT2D eigenvalue weighted by Gasteiger charge is 2.11. The topological polar surface area (TPSA) is 51.8 Å². The van der Waals surface area contributed by atoms with Gasteiger partial charge in [-0.25, -0.2) is 0 Å². The number of thioether (sulfide) groups is 1. The molecule has 0 fully saturated rings. The Kier molecular flexibility index (Phi) is 2.73. The molecule has 1 aliphatic heterocycles. The first kappa shape index (κ1) is 10.6. The molecule has 1 aromatic carbocycles. The standard InChI is InChI=1S/C13H13N3S/c14-13-6-4-11(15-16-13)9-3-5-12-10(8-9)2-1-7-17-12/h3-6,8H,1-2,7H2,(H2,14,16). The van der Waals surface area contributed by atoms with Crippen LogP contribution >= 0.6 is 11.8 Å². The Morgan fingerprint density at radius 3 is 2.88 bits per heavy atom. The Morgan fingerprint density at radius 1 is 1.12 bits per heavy atom. The molecule has 3 rings (SSSR count). The molecule has 3 nitrogen and oxygen atoms in total. The van der Waals surface area contributed by atoms with Crippen molar-refractivity contribution in [1.29, 1.82) is 0 Å². The van der Waals surface area contributed by atoms with Crippen LogP contribution in [0.4, 0.5) is 5.82 Å². The van der Waals surface area contributed by atoms with Crippen molar-refractivity contribution in [2.45, 2.75) is 17.7 Å². The molecular formula is C13H13N3S. The van der Waals surface area contributed by atoms with E-state index in [0.29, 0.717) is 5.82 Å². The molecule has 0 saturated heterocycles. The molecule has 0 atom stereocenters. The smallest absolute Gasteiger partial charge is 0.146 e. The first-order chi connectivity index (χ1) is 8.33. The van der Waals surface area contributed by atoms with E-state index in [0.717, 1.165) is 11.3 Å². The number of fused-ring (bicyclic) bond motifs is 1. The van der Waals surface area contributed by atoms with Gasteiger partial charge in [0.2, 0.25) is 0 Å². The third-order valence-electron chi connectivity index (χ3n) is 2.89. The molecule has 0 amide bonds. The summed E-state index contributed by atoms with van der Waals surface area (Å²) < 4.78 is 0. The molecule has 0 bridgehead atoms. The Balaban J connectivity index is 2.01. The highest BCUT2D eigenvalue weighted by molar-refractivity contribution is 7.99. The van der Waals surface area contributed by atoms with Crippen LogP contribution in [-0.4, -0.2) is 16.0 Å². The first-order valence-electron chi connectivity index (χ1n) is 5.68. The second-order valence-electron chi connectivity index (χ2n) is 4.12. The SMILES string of the molecule is Nc1ccc(-c2ccc3c(c2)CCCS3)nn1. The van der Waals surface area contributed by atoms with Crippen molar-refractivity contribution in [2.75, 3.05) is 11.5 Å². The molecule has 0 radical (unpaired) electrons. The van der Waals surface area contributed by atoms with Gasteiger partial charge in [-0.1, -0.05) is 6.07 Å². The molecule has 0 spiro atoms. The first-order valence-corrected chi connectivity index (χ1v) is 6.67. The number of nitrogen functional groups attached to an aromatic ring is 1. The summed E-state index contributed by atoms with van der Waals surface area (Å²) >= 11 is 1.94. The van der Waals surface area contributed by atoms with E-state index in [4.69, 9.17) is 5.73 Å². The van der Waals surface area contributed by atoms with E-state index in [-0.39, 0.29) is 0 Å². The minimum Gasteiger partial charge on any atom is -0.382 e. The van der Waals surface area contributed by atoms with Crippen molar-refractivity contribution in [3.05, 3.63) is 35.9 Å². The van der Waals surface area contributed by atoms with E-state index in [9.17, 15) is 0 Å². The van der Waals surface area contributed by atoms with Gasteiger partial charge in [0.25, 0.3) is 0 Å². The second kappa shape index (κ2) is 4.37. The lowest BCUT2D eigenvalue weighted by molar-refractivity contribution is 0.890. The third kappa shape index (κ3) is 2.13. The van der Waals surface area contributed by atoms with Crippen LogP contribution in [0.25, 0.3) is 11.3 Å². The van der Waals surface area contributed by atoms with Gasteiger partial charge in [0, 0.05) is 10.5 Å². The maximum absolute atomic E-state index is 5.54. The Morgan fingerprint density at radius 2 is 2.06 bits per heavy atom. The minimum atomic E-state index is 0.460. The molecule has 2 heterocycles. The van der Waals surface area contributed by atoms with Gasteiger partial charge in [-0.3, -0.25) is 0 Å². The van der Waals surface area contributed by atoms with Crippen LogP contribution in [0.1, 0.15) is 12.0 Å². The average molecular weight is 243 g/mol. The predicted molar refractivity (Wildman–Crippen MR) is 70.9 cm³/mol. The van der Waals surface area contributed by atoms with Gasteiger partial charge in [-0.05, 0) is 48.4 Å². The van der Waals surface area contributed by atoms with Crippen LogP contribution in [0.15, 0.2) is 35.2 Å². The number of benzene rings is 1. The number of aryl methyl sites for hydroxylation is 1. The van der Waals surface area contributed by atoms with E-state index < -0.39 is 0 Å². The maximum Gasteiger partial charge on any atom is 0.146 e. The van der Waals surface area contributed by atoms with Crippen molar-refractivity contribution < 1.29 is 0 Å². The molecule has 1 aliphatic rings. The van der Waals surface area contributed by atoms with Gasteiger partial charge in [0.15, 0.2) is 0 Å². The molecule has 0 aliphatic carbocycles. The number of hydrogen-bond donors (Lipinski definition) is 1. The fraction of sp³-hybridized carbons (Fsp3) is 0.231. The Labute approximate surface area is 104 Å². The summed E-state index contributed by atoms with van der Waals surface area (Å²) in [5, 5.41) is 8.01. The zero-order chi connectivity index (χ0) is 11.7. The molecule has 2 aromatic rings. The number of anilines is 1. The molecule has 86 valence electrons. The molecule has 1 aromatic heterocycles. The highest BCUT2D eigenvalue weighted by atomic mass is 32.2. The zero-order valence-electron chi connectivity index (χ0n) is 9.39. The molecule has 2 N–H and O–H groups in total. The summed E-state index contributed by atoms with van der Waals surface area (Å²) in [6.07, 6.45) is 2.42. The van der Waals surface area contributed by atoms with Crippen LogP contribution < -0.4 is 5.73 Å². The highest BCUT2D eigenvalue weighted by Crippen LogP contribution is 2.32. The number of aromatic nitrogens is 2. The van der Waals surface area contributed by atoms with Crippen molar-refractivity contribution in [2.24, 2.45) is 0 Å². The molecule has 4 heteroatoms. The summed E-state index contributed by atoms with van der Waals surface area (Å²) in [7, 11) is 0. The van der Waals surface area contributed by atoms with Crippen LogP contribution in [0.2, 0.25) is 0 Å².